The van der Waals surface area contributed by atoms with Crippen LogP contribution in [-0.2, 0) is 22.6 Å². The van der Waals surface area contributed by atoms with Gasteiger partial charge in [-0.2, -0.15) is 5.26 Å². The monoisotopic (exact) mass is 472 g/mol. The van der Waals surface area contributed by atoms with Crippen molar-refractivity contribution in [1.82, 2.24) is 10.2 Å². The summed E-state index contributed by atoms with van der Waals surface area (Å²) in [6, 6.07) is 7.41. The Morgan fingerprint density at radius 2 is 2.00 bits per heavy atom. The molecule has 3 N–H and O–H groups in total. The number of nitriles is 1. The van der Waals surface area contributed by atoms with Gasteiger partial charge in [0.15, 0.2) is 11.3 Å². The van der Waals surface area contributed by atoms with Crippen LogP contribution in [0.2, 0.25) is 0 Å². The van der Waals surface area contributed by atoms with E-state index in [1.54, 1.807) is 6.07 Å². The van der Waals surface area contributed by atoms with Crippen molar-refractivity contribution >= 4 is 23.3 Å². The van der Waals surface area contributed by atoms with E-state index in [1.165, 1.54) is 26.2 Å². The molecule has 0 radical (unpaired) electrons. The molecule has 0 fully saturated rings. The standard InChI is InChI=1S/C22H21FN4O7/c1-25-19(28)7-12-4-5-13(16(23)6-12)11-26(2)22(31)15(10-24)20(29)14-8-17(27(32)33)21(30)18(9-14)34-3/h4-6,8-9,29-30H,7,11H2,1-3H3,(H,25,28)/b20-15-. The fraction of sp³-hybridized carbons (Fsp3) is 0.227. The highest BCUT2D eigenvalue weighted by molar-refractivity contribution is 6.03. The predicted molar refractivity (Wildman–Crippen MR) is 117 cm³/mol. The zero-order valence-corrected chi connectivity index (χ0v) is 18.5. The highest BCUT2D eigenvalue weighted by Gasteiger charge is 2.26. The zero-order chi connectivity index (χ0) is 25.6. The Labute approximate surface area is 193 Å². The number of hydrogen-bond acceptors (Lipinski definition) is 8. The molecule has 34 heavy (non-hydrogen) atoms. The molecule has 2 aromatic rings. The number of hydrogen-bond donors (Lipinski definition) is 3. The van der Waals surface area contributed by atoms with Crippen LogP contribution in [-0.4, -0.2) is 53.1 Å². The number of amides is 2. The summed E-state index contributed by atoms with van der Waals surface area (Å²) in [6.07, 6.45) is -0.0279. The number of carbonyl (C=O) groups excluding carboxylic acids is 2. The second kappa shape index (κ2) is 10.8. The topological polar surface area (TPSA) is 166 Å². The number of phenols is 1. The van der Waals surface area contributed by atoms with E-state index in [4.69, 9.17) is 4.74 Å². The number of aliphatic hydroxyl groups excluding tert-OH is 1. The van der Waals surface area contributed by atoms with Crippen molar-refractivity contribution in [2.24, 2.45) is 0 Å². The van der Waals surface area contributed by atoms with Crippen LogP contribution < -0.4 is 10.1 Å². The Morgan fingerprint density at radius 3 is 2.53 bits per heavy atom. The van der Waals surface area contributed by atoms with Gasteiger partial charge in [0.2, 0.25) is 11.7 Å². The number of nitro benzene ring substituents is 1. The van der Waals surface area contributed by atoms with Crippen LogP contribution in [0.25, 0.3) is 5.76 Å². The smallest absolute Gasteiger partial charge is 0.315 e. The third kappa shape index (κ3) is 5.57. The number of halogens is 1. The first kappa shape index (κ1) is 25.6. The Kier molecular flexibility index (Phi) is 8.11. The van der Waals surface area contributed by atoms with Gasteiger partial charge in [0.05, 0.1) is 18.5 Å². The number of aliphatic hydroxyl groups is 1. The van der Waals surface area contributed by atoms with E-state index in [0.717, 1.165) is 30.2 Å². The maximum absolute atomic E-state index is 14.5. The third-order valence-corrected chi connectivity index (χ3v) is 4.82. The molecule has 0 unspecified atom stereocenters. The second-order valence-corrected chi connectivity index (χ2v) is 7.08. The number of ether oxygens (including phenoxy) is 1. The highest BCUT2D eigenvalue weighted by atomic mass is 19.1. The van der Waals surface area contributed by atoms with Gasteiger partial charge in [0.25, 0.3) is 5.91 Å². The van der Waals surface area contributed by atoms with Crippen molar-refractivity contribution in [2.45, 2.75) is 13.0 Å². The van der Waals surface area contributed by atoms with Gasteiger partial charge in [-0.3, -0.25) is 19.7 Å². The number of nitro groups is 1. The SMILES string of the molecule is CNC(=O)Cc1ccc(CN(C)C(=O)/C(C#N)=C(\O)c2cc(OC)c(O)c([N+](=O)[O-])c2)c(F)c1. The van der Waals surface area contributed by atoms with Crippen molar-refractivity contribution < 1.29 is 33.9 Å². The van der Waals surface area contributed by atoms with Gasteiger partial charge >= 0.3 is 5.69 Å². The minimum Gasteiger partial charge on any atom is -0.506 e. The Balaban J connectivity index is 2.36. The van der Waals surface area contributed by atoms with E-state index in [1.807, 2.05) is 0 Å². The van der Waals surface area contributed by atoms with Gasteiger partial charge in [-0.1, -0.05) is 12.1 Å². The summed E-state index contributed by atoms with van der Waals surface area (Å²) in [5.74, 6) is -3.99. The molecule has 0 aliphatic carbocycles. The molecule has 0 aliphatic heterocycles. The number of nitrogens with zero attached hydrogens (tertiary/aromatic N) is 3. The van der Waals surface area contributed by atoms with Gasteiger partial charge < -0.3 is 25.2 Å². The van der Waals surface area contributed by atoms with Crippen LogP contribution in [0.15, 0.2) is 35.9 Å². The van der Waals surface area contributed by atoms with E-state index in [9.17, 15) is 39.6 Å². The number of aromatic hydroxyl groups is 1. The number of benzene rings is 2. The fourth-order valence-electron chi connectivity index (χ4n) is 2.99. The van der Waals surface area contributed by atoms with Gasteiger partial charge in [-0.15, -0.1) is 0 Å². The third-order valence-electron chi connectivity index (χ3n) is 4.82. The molecule has 0 atom stereocenters. The zero-order valence-electron chi connectivity index (χ0n) is 18.5. The normalized spacial score (nSPS) is 11.1. The van der Waals surface area contributed by atoms with Crippen LogP contribution >= 0.6 is 0 Å². The van der Waals surface area contributed by atoms with Crippen LogP contribution in [0, 0.1) is 27.3 Å². The molecule has 0 bridgehead atoms. The van der Waals surface area contributed by atoms with Crippen molar-refractivity contribution in [2.75, 3.05) is 21.2 Å². The maximum Gasteiger partial charge on any atom is 0.315 e. The molecular formula is C22H21FN4O7. The molecule has 11 nitrogen and oxygen atoms in total. The van der Waals surface area contributed by atoms with Crippen molar-refractivity contribution in [1.29, 1.82) is 5.26 Å². The van der Waals surface area contributed by atoms with Gasteiger partial charge in [0.1, 0.15) is 17.6 Å². The molecule has 0 spiro atoms. The molecule has 2 aromatic carbocycles. The summed E-state index contributed by atoms with van der Waals surface area (Å²) in [4.78, 5) is 35.5. The first-order chi connectivity index (χ1) is 16.0. The largest absolute Gasteiger partial charge is 0.506 e. The minimum absolute atomic E-state index is 0.0279. The summed E-state index contributed by atoms with van der Waals surface area (Å²) in [6.45, 7) is -0.275. The molecule has 0 aliphatic rings. The van der Waals surface area contributed by atoms with Crippen molar-refractivity contribution in [3.05, 3.63) is 68.5 Å². The maximum atomic E-state index is 14.5. The Morgan fingerprint density at radius 1 is 1.32 bits per heavy atom. The number of rotatable bonds is 8. The van der Waals surface area contributed by atoms with Crippen LogP contribution in [0.1, 0.15) is 16.7 Å². The number of carbonyl (C=O) groups is 2. The molecule has 0 aromatic heterocycles. The molecule has 2 amide bonds. The first-order valence-corrected chi connectivity index (χ1v) is 9.66. The van der Waals surface area contributed by atoms with Crippen LogP contribution in [0.5, 0.6) is 11.5 Å². The molecule has 0 saturated carbocycles. The molecule has 0 heterocycles. The second-order valence-electron chi connectivity index (χ2n) is 7.08. The highest BCUT2D eigenvalue weighted by Crippen LogP contribution is 2.38. The number of methoxy groups -OCH3 is 1. The Bertz CT molecular complexity index is 1220. The van der Waals surface area contributed by atoms with Crippen LogP contribution in [0.4, 0.5) is 10.1 Å². The van der Waals surface area contributed by atoms with E-state index < -0.39 is 39.4 Å². The summed E-state index contributed by atoms with van der Waals surface area (Å²) in [5, 5.41) is 43.4. The predicted octanol–water partition coefficient (Wildman–Crippen LogP) is 2.19. The quantitative estimate of drug-likeness (QED) is 0.173. The number of nitrogens with one attached hydrogen (secondary N) is 1. The van der Waals surface area contributed by atoms with E-state index in [2.05, 4.69) is 5.32 Å². The number of likely N-dealkylation sites (N-methyl/N-ethyl adjacent to an activating group) is 2. The van der Waals surface area contributed by atoms with Crippen molar-refractivity contribution in [3.63, 3.8) is 0 Å². The number of phenolic OH excluding ortho intramolecular Hbond substituents is 1. The van der Waals surface area contributed by atoms with Gasteiger partial charge in [-0.05, 0) is 17.7 Å². The lowest BCUT2D eigenvalue weighted by molar-refractivity contribution is -0.386. The minimum atomic E-state index is -0.983. The Hall–Kier alpha value is -4.66. The van der Waals surface area contributed by atoms with Gasteiger partial charge in [0, 0.05) is 37.8 Å². The summed E-state index contributed by atoms with van der Waals surface area (Å²) < 4.78 is 19.3. The van der Waals surface area contributed by atoms with Gasteiger partial charge in [-0.25, -0.2) is 4.39 Å². The lowest BCUT2D eigenvalue weighted by atomic mass is 10.1. The van der Waals surface area contributed by atoms with E-state index in [0.29, 0.717) is 5.56 Å². The lowest BCUT2D eigenvalue weighted by Crippen LogP contribution is -2.28. The average Bonchev–Trinajstić information content (AvgIpc) is 2.80. The summed E-state index contributed by atoms with van der Waals surface area (Å²) >= 11 is 0. The molecule has 2 rings (SSSR count). The van der Waals surface area contributed by atoms with Crippen LogP contribution in [0.3, 0.4) is 0 Å². The average molecular weight is 472 g/mol. The molecule has 178 valence electrons. The molecule has 0 saturated heterocycles. The summed E-state index contributed by atoms with van der Waals surface area (Å²) in [7, 11) is 3.85. The van der Waals surface area contributed by atoms with E-state index >= 15 is 0 Å². The molecule has 12 heteroatoms. The lowest BCUT2D eigenvalue weighted by Gasteiger charge is -2.18. The molecular weight excluding hydrogens is 451 g/mol. The first-order valence-electron chi connectivity index (χ1n) is 9.66. The fourth-order valence-corrected chi connectivity index (χ4v) is 2.99. The van der Waals surface area contributed by atoms with E-state index in [-0.39, 0.29) is 35.7 Å². The van der Waals surface area contributed by atoms with Crippen molar-refractivity contribution in [3.8, 4) is 17.6 Å². The summed E-state index contributed by atoms with van der Waals surface area (Å²) in [5.41, 5.74) is -1.37.